The predicted octanol–water partition coefficient (Wildman–Crippen LogP) is 5.84. The van der Waals surface area contributed by atoms with Crippen LogP contribution in [0.5, 0.6) is 0 Å². The summed E-state index contributed by atoms with van der Waals surface area (Å²) in [6, 6.07) is 8.49. The molecule has 1 aliphatic rings. The van der Waals surface area contributed by atoms with Gasteiger partial charge in [0.2, 0.25) is 0 Å². The molecule has 0 N–H and O–H groups in total. The maximum atomic E-state index is 12.8. The van der Waals surface area contributed by atoms with E-state index in [0.717, 1.165) is 23.5 Å². The molecule has 134 valence electrons. The Kier molecular flexibility index (Phi) is 4.86. The number of carbonyl (C=O) groups excluding carboxylic acids is 1. The minimum absolute atomic E-state index is 0.235. The van der Waals surface area contributed by atoms with E-state index in [1.54, 1.807) is 0 Å². The predicted molar refractivity (Wildman–Crippen MR) is 103 cm³/mol. The zero-order chi connectivity index (χ0) is 18.3. The lowest BCUT2D eigenvalue weighted by atomic mass is 9.77. The van der Waals surface area contributed by atoms with Gasteiger partial charge in [0.15, 0.2) is 5.78 Å². The van der Waals surface area contributed by atoms with Gasteiger partial charge in [0, 0.05) is 12.0 Å². The molecule has 0 aliphatic heterocycles. The molecule has 0 saturated carbocycles. The van der Waals surface area contributed by atoms with Crippen molar-refractivity contribution in [2.45, 2.75) is 72.1 Å². The van der Waals surface area contributed by atoms with Crippen LogP contribution in [0.4, 0.5) is 0 Å². The molecule has 1 unspecified atom stereocenters. The maximum Gasteiger partial charge on any atom is 0.181 e. The second-order valence-electron chi connectivity index (χ2n) is 8.27. The first-order valence-electron chi connectivity index (χ1n) is 9.57. The smallest absolute Gasteiger partial charge is 0.181 e. The number of hydrogen-bond acceptors (Lipinski definition) is 2. The summed E-state index contributed by atoms with van der Waals surface area (Å²) >= 11 is 0. The number of Topliss-reactive ketones (excluding diaryl/α,β-unsaturated/α-hetero) is 1. The summed E-state index contributed by atoms with van der Waals surface area (Å²) < 4.78 is 1.91. The summed E-state index contributed by atoms with van der Waals surface area (Å²) in [5.74, 6) is 1.99. The number of fused-ring (bicyclic) bond motifs is 1. The Morgan fingerprint density at radius 3 is 2.16 bits per heavy atom. The van der Waals surface area contributed by atoms with E-state index in [2.05, 4.69) is 65.8 Å². The highest BCUT2D eigenvalue weighted by Crippen LogP contribution is 2.41. The van der Waals surface area contributed by atoms with Crippen LogP contribution in [0.2, 0.25) is 0 Å². The molecule has 1 aromatic carbocycles. The van der Waals surface area contributed by atoms with Crippen LogP contribution in [-0.4, -0.2) is 15.6 Å². The van der Waals surface area contributed by atoms with Crippen molar-refractivity contribution in [1.82, 2.24) is 9.78 Å². The molecule has 1 aromatic heterocycles. The summed E-state index contributed by atoms with van der Waals surface area (Å²) in [5, 5.41) is 4.91. The average Bonchev–Trinajstić information content (AvgIpc) is 2.96. The van der Waals surface area contributed by atoms with E-state index in [9.17, 15) is 4.79 Å². The molecule has 0 amide bonds. The highest BCUT2D eigenvalue weighted by atomic mass is 16.1. The minimum atomic E-state index is 0.235. The maximum absolute atomic E-state index is 12.8. The first-order chi connectivity index (χ1) is 11.8. The molecule has 25 heavy (non-hydrogen) atoms. The molecule has 3 rings (SSSR count). The highest BCUT2D eigenvalue weighted by Gasteiger charge is 2.35. The Morgan fingerprint density at radius 2 is 1.64 bits per heavy atom. The van der Waals surface area contributed by atoms with Crippen molar-refractivity contribution in [3.05, 3.63) is 46.8 Å². The SMILES string of the molecule is CC(C)c1ccc(-n2nc(C(C)C)c3c2C(=O)CCC3C(C)C)cc1. The second-order valence-corrected chi connectivity index (χ2v) is 8.27. The van der Waals surface area contributed by atoms with Gasteiger partial charge in [-0.25, -0.2) is 4.68 Å². The number of aromatic nitrogens is 2. The Morgan fingerprint density at radius 1 is 1.00 bits per heavy atom. The minimum Gasteiger partial charge on any atom is -0.292 e. The fourth-order valence-corrected chi connectivity index (χ4v) is 3.91. The average molecular weight is 338 g/mol. The van der Waals surface area contributed by atoms with Gasteiger partial charge in [-0.3, -0.25) is 4.79 Å². The third-order valence-corrected chi connectivity index (χ3v) is 5.42. The van der Waals surface area contributed by atoms with Gasteiger partial charge in [0.25, 0.3) is 0 Å². The molecule has 1 atom stereocenters. The first kappa shape index (κ1) is 17.9. The van der Waals surface area contributed by atoms with Crippen molar-refractivity contribution >= 4 is 5.78 Å². The van der Waals surface area contributed by atoms with E-state index in [1.807, 2.05) is 4.68 Å². The first-order valence-corrected chi connectivity index (χ1v) is 9.57. The zero-order valence-electron chi connectivity index (χ0n) is 16.3. The quantitative estimate of drug-likeness (QED) is 0.702. The molecule has 0 fully saturated rings. The molecule has 0 saturated heterocycles. The molecule has 0 spiro atoms. The molecule has 3 heteroatoms. The molecule has 3 nitrogen and oxygen atoms in total. The van der Waals surface area contributed by atoms with E-state index in [-0.39, 0.29) is 5.78 Å². The Labute approximate surface area is 151 Å². The molecule has 0 radical (unpaired) electrons. The number of hydrogen-bond donors (Lipinski definition) is 0. The molecule has 2 aromatic rings. The number of ketones is 1. The Balaban J connectivity index is 2.18. The van der Waals surface area contributed by atoms with Gasteiger partial charge >= 0.3 is 0 Å². The Bertz CT molecular complexity index is 766. The van der Waals surface area contributed by atoms with Gasteiger partial charge in [-0.1, -0.05) is 53.7 Å². The third kappa shape index (κ3) is 3.17. The summed E-state index contributed by atoms with van der Waals surface area (Å²) in [6.07, 6.45) is 1.57. The van der Waals surface area contributed by atoms with Crippen molar-refractivity contribution < 1.29 is 4.79 Å². The number of carbonyl (C=O) groups is 1. The topological polar surface area (TPSA) is 34.9 Å². The van der Waals surface area contributed by atoms with Gasteiger partial charge < -0.3 is 0 Å². The van der Waals surface area contributed by atoms with Gasteiger partial charge in [-0.15, -0.1) is 0 Å². The Hall–Kier alpha value is -1.90. The zero-order valence-corrected chi connectivity index (χ0v) is 16.3. The highest BCUT2D eigenvalue weighted by molar-refractivity contribution is 5.98. The van der Waals surface area contributed by atoms with Crippen molar-refractivity contribution in [3.8, 4) is 5.69 Å². The summed E-state index contributed by atoms with van der Waals surface area (Å²) in [5.41, 5.74) is 5.42. The van der Waals surface area contributed by atoms with Crippen LogP contribution in [0, 0.1) is 5.92 Å². The molecule has 1 heterocycles. The normalized spacial score (nSPS) is 17.6. The third-order valence-electron chi connectivity index (χ3n) is 5.42. The van der Waals surface area contributed by atoms with Gasteiger partial charge in [0.1, 0.15) is 5.69 Å². The van der Waals surface area contributed by atoms with Gasteiger partial charge in [-0.2, -0.15) is 5.10 Å². The van der Waals surface area contributed by atoms with Crippen LogP contribution in [0.3, 0.4) is 0 Å². The van der Waals surface area contributed by atoms with Crippen LogP contribution < -0.4 is 0 Å². The van der Waals surface area contributed by atoms with Gasteiger partial charge in [-0.05, 0) is 47.8 Å². The van der Waals surface area contributed by atoms with Crippen LogP contribution in [0.1, 0.15) is 99.4 Å². The van der Waals surface area contributed by atoms with E-state index >= 15 is 0 Å². The van der Waals surface area contributed by atoms with E-state index in [0.29, 0.717) is 30.1 Å². The lowest BCUT2D eigenvalue weighted by Gasteiger charge is -2.27. The summed E-state index contributed by atoms with van der Waals surface area (Å²) in [7, 11) is 0. The summed E-state index contributed by atoms with van der Waals surface area (Å²) in [6.45, 7) is 13.2. The van der Waals surface area contributed by atoms with Crippen LogP contribution in [0.25, 0.3) is 5.69 Å². The van der Waals surface area contributed by atoms with E-state index < -0.39 is 0 Å². The second kappa shape index (κ2) is 6.78. The lowest BCUT2D eigenvalue weighted by Crippen LogP contribution is -2.21. The lowest BCUT2D eigenvalue weighted by molar-refractivity contribution is 0.0955. The fourth-order valence-electron chi connectivity index (χ4n) is 3.91. The van der Waals surface area contributed by atoms with Crippen LogP contribution >= 0.6 is 0 Å². The van der Waals surface area contributed by atoms with Crippen molar-refractivity contribution in [1.29, 1.82) is 0 Å². The molecule has 0 bridgehead atoms. The van der Waals surface area contributed by atoms with Crippen molar-refractivity contribution in [2.75, 3.05) is 0 Å². The molecule has 1 aliphatic carbocycles. The molecular formula is C22H30N2O. The van der Waals surface area contributed by atoms with E-state index in [4.69, 9.17) is 5.10 Å². The number of benzene rings is 1. The van der Waals surface area contributed by atoms with Crippen LogP contribution in [-0.2, 0) is 0 Å². The van der Waals surface area contributed by atoms with Crippen molar-refractivity contribution in [2.24, 2.45) is 5.92 Å². The van der Waals surface area contributed by atoms with Gasteiger partial charge in [0.05, 0.1) is 11.4 Å². The van der Waals surface area contributed by atoms with Crippen molar-refractivity contribution in [3.63, 3.8) is 0 Å². The molecular weight excluding hydrogens is 308 g/mol. The monoisotopic (exact) mass is 338 g/mol. The largest absolute Gasteiger partial charge is 0.292 e. The van der Waals surface area contributed by atoms with Crippen LogP contribution in [0.15, 0.2) is 24.3 Å². The number of rotatable bonds is 4. The summed E-state index contributed by atoms with van der Waals surface area (Å²) in [4.78, 5) is 12.8. The fraction of sp³-hybridized carbons (Fsp3) is 0.545. The standard InChI is InChI=1S/C22H30N2O/c1-13(2)16-7-9-17(10-8-16)24-22-19(25)12-11-18(14(3)4)20(22)21(23-24)15(5)6/h7-10,13-15,18H,11-12H2,1-6H3. The number of nitrogens with zero attached hydrogens (tertiary/aromatic N) is 2. The van der Waals surface area contributed by atoms with E-state index in [1.165, 1.54) is 11.1 Å².